The summed E-state index contributed by atoms with van der Waals surface area (Å²) >= 11 is 0. The van der Waals surface area contributed by atoms with Gasteiger partial charge in [0.2, 0.25) is 0 Å². The number of nitrogens with zero attached hydrogens (tertiary/aromatic N) is 1. The van der Waals surface area contributed by atoms with Gasteiger partial charge in [0, 0.05) is 6.42 Å². The second kappa shape index (κ2) is 2.54. The van der Waals surface area contributed by atoms with E-state index in [4.69, 9.17) is 11.3 Å². The van der Waals surface area contributed by atoms with E-state index < -0.39 is 5.54 Å². The normalized spacial score (nSPS) is 34.1. The summed E-state index contributed by atoms with van der Waals surface area (Å²) in [6.07, 6.45) is 0.662. The molecule has 3 heteroatoms. The van der Waals surface area contributed by atoms with Crippen molar-refractivity contribution in [3.8, 4) is 0 Å². The zero-order valence-corrected chi connectivity index (χ0v) is 6.76. The van der Waals surface area contributed by atoms with Crippen LogP contribution in [0.1, 0.15) is 20.3 Å². The van der Waals surface area contributed by atoms with E-state index in [0.717, 1.165) is 0 Å². The van der Waals surface area contributed by atoms with Crippen LogP contribution in [0.3, 0.4) is 0 Å². The lowest BCUT2D eigenvalue weighted by Gasteiger charge is -2.01. The van der Waals surface area contributed by atoms with Crippen LogP contribution < -0.4 is 0 Å². The Kier molecular flexibility index (Phi) is 1.86. The molecule has 0 heterocycles. The summed E-state index contributed by atoms with van der Waals surface area (Å²) in [6.45, 7) is 10.8. The number of hydrogen-bond acceptors (Lipinski definition) is 2. The molecule has 0 aliphatic heterocycles. The number of carbonyl (C=O) groups is 1. The minimum atomic E-state index is -0.810. The van der Waals surface area contributed by atoms with Gasteiger partial charge in [-0.05, 0) is 6.92 Å². The van der Waals surface area contributed by atoms with Crippen LogP contribution in [-0.2, 0) is 9.53 Å². The van der Waals surface area contributed by atoms with Gasteiger partial charge < -0.3 is 4.74 Å². The third-order valence-corrected chi connectivity index (χ3v) is 2.10. The van der Waals surface area contributed by atoms with Gasteiger partial charge in [-0.2, -0.15) is 0 Å². The molecule has 1 aliphatic carbocycles. The lowest BCUT2D eigenvalue weighted by Crippen LogP contribution is -2.23. The molecule has 0 amide bonds. The summed E-state index contributed by atoms with van der Waals surface area (Å²) in [5, 5.41) is 0. The Bertz CT molecular complexity index is 219. The maximum absolute atomic E-state index is 11.1. The van der Waals surface area contributed by atoms with Gasteiger partial charge in [0.05, 0.1) is 12.5 Å². The number of esters is 1. The average Bonchev–Trinajstić information content (AvgIpc) is 2.63. The van der Waals surface area contributed by atoms with E-state index in [-0.39, 0.29) is 11.9 Å². The summed E-state index contributed by atoms with van der Waals surface area (Å²) in [7, 11) is 0. The second-order valence-corrected chi connectivity index (χ2v) is 2.86. The van der Waals surface area contributed by atoms with E-state index in [1.807, 2.05) is 6.92 Å². The summed E-state index contributed by atoms with van der Waals surface area (Å²) < 4.78 is 4.78. The molecule has 0 radical (unpaired) electrons. The fourth-order valence-corrected chi connectivity index (χ4v) is 1.15. The molecule has 1 saturated carbocycles. The standard InChI is InChI=1S/C8H11NO2/c1-4-11-7(10)8(9-3)5-6(8)2/h6H,4-5H2,1-2H3/t6-,8+/m0/s1. The van der Waals surface area contributed by atoms with Gasteiger partial charge in [0.15, 0.2) is 0 Å². The van der Waals surface area contributed by atoms with Gasteiger partial charge in [0.1, 0.15) is 0 Å². The third kappa shape index (κ3) is 1.09. The molecule has 0 unspecified atom stereocenters. The summed E-state index contributed by atoms with van der Waals surface area (Å²) in [5.74, 6) is -0.165. The van der Waals surface area contributed by atoms with Crippen molar-refractivity contribution in [1.29, 1.82) is 0 Å². The zero-order chi connectivity index (χ0) is 8.48. The van der Waals surface area contributed by atoms with Gasteiger partial charge >= 0.3 is 11.5 Å². The molecule has 0 bridgehead atoms. The molecular weight excluding hydrogens is 142 g/mol. The topological polar surface area (TPSA) is 30.7 Å². The molecule has 1 fully saturated rings. The minimum Gasteiger partial charge on any atom is -0.460 e. The molecule has 0 spiro atoms. The highest BCUT2D eigenvalue weighted by atomic mass is 16.5. The Balaban J connectivity index is 2.60. The molecule has 0 aromatic carbocycles. The Morgan fingerprint density at radius 2 is 2.45 bits per heavy atom. The molecule has 1 aliphatic rings. The van der Waals surface area contributed by atoms with Gasteiger partial charge in [-0.25, -0.2) is 11.4 Å². The molecule has 0 aromatic rings. The highest BCUT2D eigenvalue weighted by Crippen LogP contribution is 2.47. The van der Waals surface area contributed by atoms with Crippen molar-refractivity contribution in [3.05, 3.63) is 11.4 Å². The quantitative estimate of drug-likeness (QED) is 0.441. The average molecular weight is 153 g/mol. The van der Waals surface area contributed by atoms with Gasteiger partial charge in [-0.15, -0.1) is 0 Å². The largest absolute Gasteiger partial charge is 0.460 e. The molecule has 1 rings (SSSR count). The van der Waals surface area contributed by atoms with Crippen LogP contribution in [0.4, 0.5) is 0 Å². The maximum Gasteiger partial charge on any atom is 0.393 e. The lowest BCUT2D eigenvalue weighted by atomic mass is 10.2. The van der Waals surface area contributed by atoms with Crippen molar-refractivity contribution in [1.82, 2.24) is 0 Å². The lowest BCUT2D eigenvalue weighted by molar-refractivity contribution is -0.144. The van der Waals surface area contributed by atoms with Crippen molar-refractivity contribution < 1.29 is 9.53 Å². The van der Waals surface area contributed by atoms with E-state index in [0.29, 0.717) is 13.0 Å². The first-order chi connectivity index (χ1) is 5.17. The molecule has 0 aromatic heterocycles. The van der Waals surface area contributed by atoms with Crippen LogP contribution in [0.25, 0.3) is 4.85 Å². The van der Waals surface area contributed by atoms with Crippen molar-refractivity contribution >= 4 is 5.97 Å². The van der Waals surface area contributed by atoms with Gasteiger partial charge in [0.25, 0.3) is 0 Å². The molecule has 0 N–H and O–H groups in total. The first-order valence-corrected chi connectivity index (χ1v) is 3.73. The fraction of sp³-hybridized carbons (Fsp3) is 0.750. The predicted molar refractivity (Wildman–Crippen MR) is 39.7 cm³/mol. The zero-order valence-electron chi connectivity index (χ0n) is 6.76. The van der Waals surface area contributed by atoms with E-state index in [2.05, 4.69) is 4.85 Å². The van der Waals surface area contributed by atoms with Gasteiger partial charge in [-0.1, -0.05) is 6.92 Å². The Morgan fingerprint density at radius 3 is 2.73 bits per heavy atom. The highest BCUT2D eigenvalue weighted by Gasteiger charge is 2.67. The Hall–Kier alpha value is -1.04. The SMILES string of the molecule is [C-]#[N+][C@]1(C(=O)OCC)C[C@@H]1C. The predicted octanol–water partition coefficient (Wildman–Crippen LogP) is 1.25. The van der Waals surface area contributed by atoms with E-state index in [9.17, 15) is 4.79 Å². The number of hydrogen-bond donors (Lipinski definition) is 0. The van der Waals surface area contributed by atoms with Crippen LogP contribution in [-0.4, -0.2) is 18.1 Å². The van der Waals surface area contributed by atoms with Crippen LogP contribution in [0, 0.1) is 12.5 Å². The second-order valence-electron chi connectivity index (χ2n) is 2.86. The molecule has 0 saturated heterocycles. The van der Waals surface area contributed by atoms with Crippen LogP contribution in [0.2, 0.25) is 0 Å². The van der Waals surface area contributed by atoms with E-state index >= 15 is 0 Å². The molecular formula is C8H11NO2. The molecule has 60 valence electrons. The number of carbonyl (C=O) groups excluding carboxylic acids is 1. The van der Waals surface area contributed by atoms with Crippen molar-refractivity contribution in [2.75, 3.05) is 6.61 Å². The smallest absolute Gasteiger partial charge is 0.393 e. The highest BCUT2D eigenvalue weighted by molar-refractivity contribution is 5.87. The molecule has 11 heavy (non-hydrogen) atoms. The van der Waals surface area contributed by atoms with E-state index in [1.54, 1.807) is 6.92 Å². The Labute approximate surface area is 66.2 Å². The first-order valence-electron chi connectivity index (χ1n) is 3.73. The monoisotopic (exact) mass is 153 g/mol. The minimum absolute atomic E-state index is 0.180. The Morgan fingerprint density at radius 1 is 1.91 bits per heavy atom. The fourth-order valence-electron chi connectivity index (χ4n) is 1.15. The van der Waals surface area contributed by atoms with Crippen molar-refractivity contribution in [2.45, 2.75) is 25.8 Å². The first kappa shape index (κ1) is 8.06. The summed E-state index contributed by atoms with van der Waals surface area (Å²) in [4.78, 5) is 14.4. The van der Waals surface area contributed by atoms with E-state index in [1.165, 1.54) is 0 Å². The number of ether oxygens (including phenoxy) is 1. The number of rotatable bonds is 2. The summed E-state index contributed by atoms with van der Waals surface area (Å²) in [6, 6.07) is 0. The molecule has 3 nitrogen and oxygen atoms in total. The maximum atomic E-state index is 11.1. The van der Waals surface area contributed by atoms with Crippen LogP contribution in [0.15, 0.2) is 0 Å². The van der Waals surface area contributed by atoms with Crippen LogP contribution in [0.5, 0.6) is 0 Å². The summed E-state index contributed by atoms with van der Waals surface area (Å²) in [5.41, 5.74) is -0.810. The third-order valence-electron chi connectivity index (χ3n) is 2.10. The van der Waals surface area contributed by atoms with Gasteiger partial charge in [-0.3, -0.25) is 4.85 Å². The van der Waals surface area contributed by atoms with Crippen molar-refractivity contribution in [2.24, 2.45) is 5.92 Å². The molecule has 2 atom stereocenters. The van der Waals surface area contributed by atoms with Crippen LogP contribution >= 0.6 is 0 Å². The van der Waals surface area contributed by atoms with Crippen molar-refractivity contribution in [3.63, 3.8) is 0 Å².